The first-order valence-electron chi connectivity index (χ1n) is 3.49. The van der Waals surface area contributed by atoms with Gasteiger partial charge in [0.05, 0.1) is 0 Å². The van der Waals surface area contributed by atoms with Crippen LogP contribution in [0.15, 0.2) is 24.8 Å². The van der Waals surface area contributed by atoms with Gasteiger partial charge in [-0.15, -0.1) is 6.58 Å². The van der Waals surface area contributed by atoms with E-state index in [1.165, 1.54) is 0 Å². The van der Waals surface area contributed by atoms with E-state index in [0.717, 1.165) is 19.3 Å². The molecule has 0 aromatic heterocycles. The Morgan fingerprint density at radius 3 is 2.56 bits per heavy atom. The lowest BCUT2D eigenvalue weighted by atomic mass is 10.2. The fraction of sp³-hybridized carbons (Fsp3) is 0.444. The summed E-state index contributed by atoms with van der Waals surface area (Å²) in [6.45, 7) is 5.77. The first-order chi connectivity index (χ1) is 4.41. The molecule has 51 valence electrons. The predicted octanol–water partition coefficient (Wildman–Crippen LogP) is 3.12. The van der Waals surface area contributed by atoms with Crippen molar-refractivity contribution >= 4 is 0 Å². The van der Waals surface area contributed by atoms with Crippen molar-refractivity contribution in [3.05, 3.63) is 31.2 Å². The van der Waals surface area contributed by atoms with Crippen LogP contribution in [0, 0.1) is 6.42 Å². The van der Waals surface area contributed by atoms with Crippen LogP contribution < -0.4 is 0 Å². The molecular formula is C9H15. The van der Waals surface area contributed by atoms with Gasteiger partial charge in [0.1, 0.15) is 0 Å². The van der Waals surface area contributed by atoms with E-state index in [4.69, 9.17) is 0 Å². The van der Waals surface area contributed by atoms with Gasteiger partial charge in [-0.05, 0) is 25.7 Å². The topological polar surface area (TPSA) is 0 Å². The molecule has 0 heterocycles. The van der Waals surface area contributed by atoms with Crippen molar-refractivity contribution in [1.82, 2.24) is 0 Å². The summed E-state index contributed by atoms with van der Waals surface area (Å²) in [5.41, 5.74) is 0. The second kappa shape index (κ2) is 7.48. The molecule has 1 radical (unpaired) electrons. The minimum absolute atomic E-state index is 1.02. The van der Waals surface area contributed by atoms with Crippen LogP contribution in [-0.4, -0.2) is 0 Å². The molecule has 0 heteroatoms. The van der Waals surface area contributed by atoms with Gasteiger partial charge in [0.2, 0.25) is 0 Å². The minimum Gasteiger partial charge on any atom is -0.103 e. The van der Waals surface area contributed by atoms with Gasteiger partial charge in [-0.3, -0.25) is 0 Å². The van der Waals surface area contributed by atoms with Crippen LogP contribution in [0.1, 0.15) is 26.2 Å². The third-order valence-corrected chi connectivity index (χ3v) is 1.04. The maximum absolute atomic E-state index is 3.62. The summed E-state index contributed by atoms with van der Waals surface area (Å²) in [6, 6.07) is 0. The van der Waals surface area contributed by atoms with Gasteiger partial charge in [0, 0.05) is 0 Å². The monoisotopic (exact) mass is 123 g/mol. The summed E-state index contributed by atoms with van der Waals surface area (Å²) in [7, 11) is 0. The Balaban J connectivity index is 2.90. The molecule has 0 fully saturated rings. The third kappa shape index (κ3) is 7.48. The second-order valence-corrected chi connectivity index (χ2v) is 1.93. The van der Waals surface area contributed by atoms with E-state index in [0.29, 0.717) is 0 Å². The maximum atomic E-state index is 3.62. The van der Waals surface area contributed by atoms with Crippen molar-refractivity contribution in [3.8, 4) is 0 Å². The fourth-order valence-corrected chi connectivity index (χ4v) is 0.573. The minimum atomic E-state index is 1.02. The highest BCUT2D eigenvalue weighted by Crippen LogP contribution is 1.95. The first kappa shape index (κ1) is 8.48. The van der Waals surface area contributed by atoms with E-state index < -0.39 is 0 Å². The van der Waals surface area contributed by atoms with E-state index >= 15 is 0 Å². The molecule has 0 spiro atoms. The normalized spacial score (nSPS) is 10.3. The van der Waals surface area contributed by atoms with Crippen molar-refractivity contribution in [2.45, 2.75) is 26.2 Å². The van der Waals surface area contributed by atoms with E-state index in [9.17, 15) is 0 Å². The van der Waals surface area contributed by atoms with Crippen molar-refractivity contribution in [3.63, 3.8) is 0 Å². The summed E-state index contributed by atoms with van der Waals surface area (Å²) in [6.07, 6.45) is 11.7. The SMILES string of the molecule is C=CC[CH]CC=CCC. The maximum Gasteiger partial charge on any atom is -0.0311 e. The van der Waals surface area contributed by atoms with Gasteiger partial charge >= 0.3 is 0 Å². The average Bonchev–Trinajstić information content (AvgIpc) is 1.89. The molecule has 0 unspecified atom stereocenters. The number of hydrogen-bond donors (Lipinski definition) is 0. The van der Waals surface area contributed by atoms with Crippen molar-refractivity contribution in [2.75, 3.05) is 0 Å². The molecule has 0 aromatic carbocycles. The van der Waals surface area contributed by atoms with Gasteiger partial charge in [-0.1, -0.05) is 25.2 Å². The highest BCUT2D eigenvalue weighted by atomic mass is 13.8. The Morgan fingerprint density at radius 2 is 2.00 bits per heavy atom. The lowest BCUT2D eigenvalue weighted by Gasteiger charge is -1.86. The summed E-state index contributed by atoms with van der Waals surface area (Å²) >= 11 is 0. The van der Waals surface area contributed by atoms with E-state index in [1.807, 2.05) is 6.08 Å². The number of allylic oxidation sites excluding steroid dienone is 3. The van der Waals surface area contributed by atoms with Crippen LogP contribution in [0.5, 0.6) is 0 Å². The molecule has 0 rings (SSSR count). The molecule has 0 aliphatic heterocycles. The molecule has 0 aliphatic rings. The average molecular weight is 123 g/mol. The van der Waals surface area contributed by atoms with Crippen LogP contribution in [0.25, 0.3) is 0 Å². The Hall–Kier alpha value is -0.520. The van der Waals surface area contributed by atoms with E-state index in [-0.39, 0.29) is 0 Å². The fourth-order valence-electron chi connectivity index (χ4n) is 0.573. The molecule has 0 aliphatic carbocycles. The Morgan fingerprint density at radius 1 is 1.22 bits per heavy atom. The molecule has 0 saturated carbocycles. The molecular weight excluding hydrogens is 108 g/mol. The van der Waals surface area contributed by atoms with Crippen LogP contribution in [-0.2, 0) is 0 Å². The van der Waals surface area contributed by atoms with Crippen molar-refractivity contribution < 1.29 is 0 Å². The smallest absolute Gasteiger partial charge is 0.0311 e. The zero-order chi connectivity index (χ0) is 6.95. The molecule has 0 aromatic rings. The van der Waals surface area contributed by atoms with Gasteiger partial charge < -0.3 is 0 Å². The van der Waals surface area contributed by atoms with Gasteiger partial charge in [-0.2, -0.15) is 0 Å². The Kier molecular flexibility index (Phi) is 7.05. The van der Waals surface area contributed by atoms with Crippen LogP contribution in [0.2, 0.25) is 0 Å². The molecule has 0 nitrogen and oxygen atoms in total. The standard InChI is InChI=1S/C9H15/c1-3-5-7-9-8-6-4-2/h3,6-8H,1,4-5,9H2,2H3. The summed E-state index contributed by atoms with van der Waals surface area (Å²) in [4.78, 5) is 0. The summed E-state index contributed by atoms with van der Waals surface area (Å²) in [5.74, 6) is 0. The highest BCUT2D eigenvalue weighted by molar-refractivity contribution is 4.88. The highest BCUT2D eigenvalue weighted by Gasteiger charge is 1.77. The first-order valence-corrected chi connectivity index (χ1v) is 3.49. The summed E-state index contributed by atoms with van der Waals surface area (Å²) < 4.78 is 0. The molecule has 0 N–H and O–H groups in total. The third-order valence-electron chi connectivity index (χ3n) is 1.04. The van der Waals surface area contributed by atoms with Crippen LogP contribution >= 0.6 is 0 Å². The predicted molar refractivity (Wildman–Crippen MR) is 43.2 cm³/mol. The molecule has 0 amide bonds. The van der Waals surface area contributed by atoms with Crippen LogP contribution in [0.4, 0.5) is 0 Å². The zero-order valence-corrected chi connectivity index (χ0v) is 6.14. The zero-order valence-electron chi connectivity index (χ0n) is 6.14. The Bertz CT molecular complexity index is 80.0. The molecule has 9 heavy (non-hydrogen) atoms. The molecule has 0 saturated heterocycles. The van der Waals surface area contributed by atoms with Gasteiger partial charge in [0.15, 0.2) is 0 Å². The van der Waals surface area contributed by atoms with E-state index in [2.05, 4.69) is 32.1 Å². The quantitative estimate of drug-likeness (QED) is 0.389. The van der Waals surface area contributed by atoms with Gasteiger partial charge in [0.25, 0.3) is 0 Å². The number of rotatable bonds is 5. The molecule has 0 bridgehead atoms. The number of unbranched alkanes of at least 4 members (excludes halogenated alkanes) is 2. The van der Waals surface area contributed by atoms with Gasteiger partial charge in [-0.25, -0.2) is 0 Å². The van der Waals surface area contributed by atoms with Crippen LogP contribution in [0.3, 0.4) is 0 Å². The second-order valence-electron chi connectivity index (χ2n) is 1.93. The Labute approximate surface area is 58.3 Å². The largest absolute Gasteiger partial charge is 0.103 e. The number of hydrogen-bond acceptors (Lipinski definition) is 0. The lowest BCUT2D eigenvalue weighted by molar-refractivity contribution is 1.09. The molecule has 0 atom stereocenters. The van der Waals surface area contributed by atoms with E-state index in [1.54, 1.807) is 0 Å². The van der Waals surface area contributed by atoms with Crippen molar-refractivity contribution in [2.24, 2.45) is 0 Å². The summed E-state index contributed by atoms with van der Waals surface area (Å²) in [5, 5.41) is 0. The lowest BCUT2D eigenvalue weighted by Crippen LogP contribution is -1.68. The van der Waals surface area contributed by atoms with Crippen molar-refractivity contribution in [1.29, 1.82) is 0 Å².